The van der Waals surface area contributed by atoms with Crippen LogP contribution in [0.1, 0.15) is 118 Å². The van der Waals surface area contributed by atoms with E-state index in [0.29, 0.717) is 12.8 Å². The van der Waals surface area contributed by atoms with Crippen molar-refractivity contribution in [2.24, 2.45) is 29.6 Å². The standard InChI is InChI=1S/C59H82FN5O10/c1-15-35(6)52(63(11)56(69)50(33(2)3)62-55(68)51(34(4)5)64(12)58(71)74-32-43-41-25-19-17-23-39(41)40-24-18-20-26-42(40)43)48(72-13)31-49(66)65-46-29-38(46)30-47(65)53(73-14)36(7)54(67)61-45(57(70)75-59(8,9)10)28-37-22-16-21-27-44(37)60/h16-27,33-36,38,43,45-48,50-53H,15,28-32H2,1-14H3,(H,61,67)(H,62,68)/t35-,36+,38?,45-,46?,47-,48+,50-,51-,52-,53+/m0/s1. The molecule has 11 atom stereocenters. The summed E-state index contributed by atoms with van der Waals surface area (Å²) in [4.78, 5) is 90.1. The Morgan fingerprint density at radius 2 is 1.37 bits per heavy atom. The van der Waals surface area contributed by atoms with Gasteiger partial charge in [-0.3, -0.25) is 24.1 Å². The van der Waals surface area contributed by atoms with E-state index >= 15 is 0 Å². The number of carbonyl (C=O) groups excluding carboxylic acids is 6. The van der Waals surface area contributed by atoms with E-state index in [2.05, 4.69) is 22.8 Å². The molecule has 0 bridgehead atoms. The number of fused-ring (bicyclic) bond motifs is 4. The summed E-state index contributed by atoms with van der Waals surface area (Å²) in [6, 6.07) is 17.9. The number of amides is 5. The van der Waals surface area contributed by atoms with Crippen LogP contribution in [-0.2, 0) is 49.3 Å². The number of ether oxygens (including phenoxy) is 4. The summed E-state index contributed by atoms with van der Waals surface area (Å²) in [5.41, 5.74) is 3.72. The summed E-state index contributed by atoms with van der Waals surface area (Å²) in [5.74, 6) is -4.46. The molecule has 3 aliphatic rings. The number of nitrogens with one attached hydrogen (secondary N) is 2. The minimum Gasteiger partial charge on any atom is -0.458 e. The van der Waals surface area contributed by atoms with Gasteiger partial charge in [-0.15, -0.1) is 0 Å². The molecule has 2 fully saturated rings. The van der Waals surface area contributed by atoms with E-state index in [1.54, 1.807) is 57.8 Å². The first-order valence-corrected chi connectivity index (χ1v) is 26.7. The topological polar surface area (TPSA) is 173 Å². The fraction of sp³-hybridized carbons (Fsp3) is 0.593. The van der Waals surface area contributed by atoms with Crippen LogP contribution in [0.15, 0.2) is 72.8 Å². The van der Waals surface area contributed by atoms with Gasteiger partial charge in [0.25, 0.3) is 0 Å². The second kappa shape index (κ2) is 24.9. The summed E-state index contributed by atoms with van der Waals surface area (Å²) in [6.45, 7) is 18.3. The lowest BCUT2D eigenvalue weighted by Crippen LogP contribution is -2.60. The van der Waals surface area contributed by atoms with Gasteiger partial charge in [0.15, 0.2) is 0 Å². The number of esters is 1. The van der Waals surface area contributed by atoms with Crippen molar-refractivity contribution in [3.63, 3.8) is 0 Å². The minimum absolute atomic E-state index is 0.0640. The first kappa shape index (κ1) is 58.4. The van der Waals surface area contributed by atoms with Crippen molar-refractivity contribution in [1.82, 2.24) is 25.3 Å². The second-order valence-electron chi connectivity index (χ2n) is 22.7. The van der Waals surface area contributed by atoms with E-state index in [1.165, 1.54) is 32.2 Å². The molecule has 2 unspecified atom stereocenters. The third-order valence-electron chi connectivity index (χ3n) is 15.6. The molecule has 1 saturated carbocycles. The molecule has 15 nitrogen and oxygen atoms in total. The molecular weight excluding hydrogens is 958 g/mol. The molecule has 0 radical (unpaired) electrons. The maximum absolute atomic E-state index is 14.8. The Balaban J connectivity index is 1.14. The predicted molar refractivity (Wildman–Crippen MR) is 285 cm³/mol. The molecule has 5 amide bonds. The molecule has 75 heavy (non-hydrogen) atoms. The highest BCUT2D eigenvalue weighted by Crippen LogP contribution is 2.50. The van der Waals surface area contributed by atoms with Gasteiger partial charge in [-0.25, -0.2) is 14.0 Å². The SMILES string of the molecule is CC[C@H](C)[C@@H]([C@@H](CC(=O)N1C2CC2C[C@H]1[C@H](OC)[C@@H](C)C(=O)N[C@@H](Cc1ccccc1F)C(=O)OC(C)(C)C)OC)N(C)C(=O)[C@@H](NC(=O)[C@H](C(C)C)N(C)C(=O)OCC1c2ccccc2-c2ccccc21)C(C)C. The first-order chi connectivity index (χ1) is 35.4. The van der Waals surface area contributed by atoms with Gasteiger partial charge in [0, 0.05) is 46.7 Å². The third kappa shape index (κ3) is 13.4. The molecule has 1 aliphatic heterocycles. The van der Waals surface area contributed by atoms with Gasteiger partial charge in [0.2, 0.25) is 23.6 Å². The summed E-state index contributed by atoms with van der Waals surface area (Å²) < 4.78 is 38.6. The lowest BCUT2D eigenvalue weighted by molar-refractivity contribution is -0.159. The summed E-state index contributed by atoms with van der Waals surface area (Å²) >= 11 is 0. The second-order valence-corrected chi connectivity index (χ2v) is 22.7. The Kier molecular flexibility index (Phi) is 19.4. The van der Waals surface area contributed by atoms with E-state index in [1.807, 2.05) is 82.8 Å². The fourth-order valence-corrected chi connectivity index (χ4v) is 11.5. The number of likely N-dealkylation sites (tertiary alicyclic amines) is 1. The highest BCUT2D eigenvalue weighted by atomic mass is 19.1. The van der Waals surface area contributed by atoms with Crippen LogP contribution in [0, 0.1) is 35.4 Å². The molecule has 2 N–H and O–H groups in total. The van der Waals surface area contributed by atoms with Crippen LogP contribution in [0.5, 0.6) is 0 Å². The van der Waals surface area contributed by atoms with Crippen LogP contribution in [0.2, 0.25) is 0 Å². The highest BCUT2D eigenvalue weighted by Gasteiger charge is 2.57. The fourth-order valence-electron chi connectivity index (χ4n) is 11.5. The molecule has 6 rings (SSSR count). The molecule has 0 aromatic heterocycles. The smallest absolute Gasteiger partial charge is 0.410 e. The number of halogens is 1. The molecule has 3 aromatic rings. The zero-order valence-corrected chi connectivity index (χ0v) is 46.6. The maximum atomic E-state index is 14.8. The highest BCUT2D eigenvalue weighted by molar-refractivity contribution is 5.92. The number of hydrogen-bond donors (Lipinski definition) is 2. The van der Waals surface area contributed by atoms with Crippen molar-refractivity contribution in [3.05, 3.63) is 95.3 Å². The van der Waals surface area contributed by atoms with Crippen molar-refractivity contribution < 1.29 is 52.1 Å². The number of carbonyl (C=O) groups is 6. The molecule has 1 heterocycles. The first-order valence-electron chi connectivity index (χ1n) is 26.7. The molecular formula is C59H82FN5O10. The number of benzene rings is 3. The number of rotatable bonds is 23. The Hall–Kier alpha value is -5.87. The van der Waals surface area contributed by atoms with E-state index in [4.69, 9.17) is 18.9 Å². The average Bonchev–Trinajstić information content (AvgIpc) is 3.91. The Morgan fingerprint density at radius 3 is 1.92 bits per heavy atom. The predicted octanol–water partition coefficient (Wildman–Crippen LogP) is 8.16. The van der Waals surface area contributed by atoms with Crippen LogP contribution >= 0.6 is 0 Å². The van der Waals surface area contributed by atoms with Gasteiger partial charge in [0.1, 0.15) is 36.2 Å². The number of nitrogens with zero attached hydrogens (tertiary/aromatic N) is 3. The van der Waals surface area contributed by atoms with Crippen molar-refractivity contribution >= 4 is 35.7 Å². The molecule has 3 aromatic carbocycles. The van der Waals surface area contributed by atoms with E-state index < -0.39 is 83.6 Å². The molecule has 16 heteroatoms. The zero-order chi connectivity index (χ0) is 55.2. The summed E-state index contributed by atoms with van der Waals surface area (Å²) in [6.07, 6.45) is -0.348. The van der Waals surface area contributed by atoms with E-state index in [9.17, 15) is 33.2 Å². The lowest BCUT2D eigenvalue weighted by Gasteiger charge is -2.41. The van der Waals surface area contributed by atoms with Crippen LogP contribution in [0.25, 0.3) is 11.1 Å². The van der Waals surface area contributed by atoms with Crippen molar-refractivity contribution in [1.29, 1.82) is 0 Å². The Morgan fingerprint density at radius 1 is 0.773 bits per heavy atom. The zero-order valence-electron chi connectivity index (χ0n) is 46.6. The average molecular weight is 1040 g/mol. The number of hydrogen-bond acceptors (Lipinski definition) is 10. The van der Waals surface area contributed by atoms with Gasteiger partial charge in [0.05, 0.1) is 36.6 Å². The van der Waals surface area contributed by atoms with Gasteiger partial charge in [-0.2, -0.15) is 0 Å². The normalized spacial score (nSPS) is 20.1. The van der Waals surface area contributed by atoms with Crippen LogP contribution in [0.3, 0.4) is 0 Å². The summed E-state index contributed by atoms with van der Waals surface area (Å²) in [5, 5.41) is 5.82. The molecule has 410 valence electrons. The van der Waals surface area contributed by atoms with Crippen molar-refractivity contribution in [2.45, 2.75) is 161 Å². The van der Waals surface area contributed by atoms with Gasteiger partial charge < -0.3 is 39.4 Å². The Labute approximate surface area is 443 Å². The van der Waals surface area contributed by atoms with Crippen LogP contribution in [-0.4, -0.2) is 139 Å². The number of likely N-dealkylation sites (N-methyl/N-ethyl adjacent to an activating group) is 2. The Bertz CT molecular complexity index is 2470. The van der Waals surface area contributed by atoms with Gasteiger partial charge in [-0.05, 0) is 91.2 Å². The molecule has 1 saturated heterocycles. The largest absolute Gasteiger partial charge is 0.458 e. The van der Waals surface area contributed by atoms with Gasteiger partial charge >= 0.3 is 12.1 Å². The van der Waals surface area contributed by atoms with Crippen LogP contribution in [0.4, 0.5) is 9.18 Å². The van der Waals surface area contributed by atoms with Crippen LogP contribution < -0.4 is 10.6 Å². The maximum Gasteiger partial charge on any atom is 0.410 e. The van der Waals surface area contributed by atoms with E-state index in [-0.39, 0.29) is 72.5 Å². The quantitative estimate of drug-likeness (QED) is 0.0883. The molecule has 2 aliphatic carbocycles. The van der Waals surface area contributed by atoms with Gasteiger partial charge in [-0.1, -0.05) is 122 Å². The third-order valence-corrected chi connectivity index (χ3v) is 15.6. The summed E-state index contributed by atoms with van der Waals surface area (Å²) in [7, 11) is 6.23. The molecule has 0 spiro atoms. The van der Waals surface area contributed by atoms with E-state index in [0.717, 1.165) is 28.7 Å². The number of piperidine rings is 1. The lowest BCUT2D eigenvalue weighted by atomic mass is 9.89. The van der Waals surface area contributed by atoms with Crippen molar-refractivity contribution in [2.75, 3.05) is 34.9 Å². The minimum atomic E-state index is -1.20. The monoisotopic (exact) mass is 1040 g/mol. The number of methoxy groups -OCH3 is 2. The van der Waals surface area contributed by atoms with Crippen molar-refractivity contribution in [3.8, 4) is 11.1 Å².